The Morgan fingerprint density at radius 2 is 2.42 bits per heavy atom. The molecule has 2 aliphatic carbocycles. The first-order valence-electron chi connectivity index (χ1n) is 7.86. The standard InChI is InChI=1S/C16H24N2O/c1-2-6-18-7-8-19-16-12-4-3-5-13-15(12)11(10-17-13)9-14(16)18/h3-5,11,13-17H,2,6-10H2,1H3. The second-order valence-corrected chi connectivity index (χ2v) is 6.40. The Labute approximate surface area is 115 Å². The van der Waals surface area contributed by atoms with E-state index in [1.807, 2.05) is 0 Å². The molecule has 2 saturated heterocycles. The normalized spacial score (nSPS) is 44.7. The third-order valence-corrected chi connectivity index (χ3v) is 5.38. The summed E-state index contributed by atoms with van der Waals surface area (Å²) in [6, 6.07) is 1.18. The topological polar surface area (TPSA) is 24.5 Å². The molecule has 0 amide bonds. The van der Waals surface area contributed by atoms with Crippen molar-refractivity contribution in [2.75, 3.05) is 26.2 Å². The van der Waals surface area contributed by atoms with Crippen molar-refractivity contribution < 1.29 is 4.74 Å². The van der Waals surface area contributed by atoms with Gasteiger partial charge >= 0.3 is 0 Å². The number of nitrogens with one attached hydrogen (secondary N) is 1. The summed E-state index contributed by atoms with van der Waals surface area (Å²) in [7, 11) is 0. The third-order valence-electron chi connectivity index (χ3n) is 5.38. The van der Waals surface area contributed by atoms with Crippen LogP contribution in [0.2, 0.25) is 0 Å². The van der Waals surface area contributed by atoms with E-state index in [0.29, 0.717) is 24.1 Å². The summed E-state index contributed by atoms with van der Waals surface area (Å²) in [6.45, 7) is 6.71. The summed E-state index contributed by atoms with van der Waals surface area (Å²) in [5, 5.41) is 3.68. The van der Waals surface area contributed by atoms with E-state index in [2.05, 4.69) is 35.4 Å². The van der Waals surface area contributed by atoms with Crippen LogP contribution >= 0.6 is 0 Å². The predicted molar refractivity (Wildman–Crippen MR) is 76.0 cm³/mol. The molecule has 4 rings (SSSR count). The number of nitrogens with zero attached hydrogens (tertiary/aromatic N) is 1. The van der Waals surface area contributed by atoms with Crippen molar-refractivity contribution in [2.45, 2.75) is 38.0 Å². The highest BCUT2D eigenvalue weighted by Gasteiger charge is 2.50. The predicted octanol–water partition coefficient (Wildman–Crippen LogP) is 1.57. The van der Waals surface area contributed by atoms with Gasteiger partial charge in [-0.1, -0.05) is 25.2 Å². The second kappa shape index (κ2) is 4.72. The fourth-order valence-electron chi connectivity index (χ4n) is 4.65. The SMILES string of the molecule is CCCN1CCOC2C3=CC=CC4NCC(CC21)C34. The van der Waals surface area contributed by atoms with Gasteiger partial charge in [-0.2, -0.15) is 0 Å². The van der Waals surface area contributed by atoms with Crippen LogP contribution in [0.15, 0.2) is 23.8 Å². The lowest BCUT2D eigenvalue weighted by molar-refractivity contribution is -0.0778. The minimum atomic E-state index is 0.355. The van der Waals surface area contributed by atoms with Crippen LogP contribution in [0, 0.1) is 11.8 Å². The minimum absolute atomic E-state index is 0.355. The Morgan fingerprint density at radius 1 is 1.47 bits per heavy atom. The average Bonchev–Trinajstić information content (AvgIpc) is 2.85. The maximum absolute atomic E-state index is 6.18. The molecule has 5 atom stereocenters. The molecular formula is C16H24N2O. The maximum atomic E-state index is 6.18. The van der Waals surface area contributed by atoms with E-state index >= 15 is 0 Å². The number of morpholine rings is 1. The molecule has 3 nitrogen and oxygen atoms in total. The molecule has 5 unspecified atom stereocenters. The van der Waals surface area contributed by atoms with Crippen LogP contribution in [0.4, 0.5) is 0 Å². The van der Waals surface area contributed by atoms with Gasteiger partial charge in [0, 0.05) is 24.5 Å². The lowest BCUT2D eigenvalue weighted by atomic mass is 9.69. The lowest BCUT2D eigenvalue weighted by Gasteiger charge is -2.49. The molecule has 0 radical (unpaired) electrons. The Hall–Kier alpha value is -0.640. The molecule has 0 bridgehead atoms. The highest BCUT2D eigenvalue weighted by Crippen LogP contribution is 2.45. The Balaban J connectivity index is 1.66. The molecule has 3 fully saturated rings. The van der Waals surface area contributed by atoms with E-state index in [1.165, 1.54) is 25.9 Å². The molecule has 1 N–H and O–H groups in total. The number of hydrogen-bond acceptors (Lipinski definition) is 3. The summed E-state index contributed by atoms with van der Waals surface area (Å²) < 4.78 is 6.18. The molecular weight excluding hydrogens is 236 g/mol. The van der Waals surface area contributed by atoms with Crippen molar-refractivity contribution >= 4 is 0 Å². The summed E-state index contributed by atoms with van der Waals surface area (Å²) in [6.07, 6.45) is 9.82. The van der Waals surface area contributed by atoms with Gasteiger partial charge in [-0.3, -0.25) is 4.90 Å². The first kappa shape index (κ1) is 12.1. The molecule has 0 aromatic carbocycles. The fraction of sp³-hybridized carbons (Fsp3) is 0.750. The zero-order chi connectivity index (χ0) is 12.8. The van der Waals surface area contributed by atoms with Gasteiger partial charge < -0.3 is 10.1 Å². The van der Waals surface area contributed by atoms with E-state index in [-0.39, 0.29) is 0 Å². The largest absolute Gasteiger partial charge is 0.371 e. The van der Waals surface area contributed by atoms with E-state index in [1.54, 1.807) is 5.57 Å². The van der Waals surface area contributed by atoms with Crippen LogP contribution in [0.25, 0.3) is 0 Å². The van der Waals surface area contributed by atoms with Crippen molar-refractivity contribution in [3.05, 3.63) is 23.8 Å². The van der Waals surface area contributed by atoms with Crippen molar-refractivity contribution in [1.82, 2.24) is 10.2 Å². The van der Waals surface area contributed by atoms with Gasteiger partial charge in [0.15, 0.2) is 0 Å². The Kier molecular flexibility index (Phi) is 3.02. The molecule has 0 aromatic rings. The van der Waals surface area contributed by atoms with Crippen LogP contribution < -0.4 is 5.32 Å². The highest BCUT2D eigenvalue weighted by atomic mass is 16.5. The molecule has 4 aliphatic rings. The van der Waals surface area contributed by atoms with E-state index < -0.39 is 0 Å². The average molecular weight is 260 g/mol. The molecule has 0 aromatic heterocycles. The summed E-state index contributed by atoms with van der Waals surface area (Å²) in [5.74, 6) is 1.51. The first-order chi connectivity index (χ1) is 9.38. The van der Waals surface area contributed by atoms with Crippen molar-refractivity contribution in [3.8, 4) is 0 Å². The second-order valence-electron chi connectivity index (χ2n) is 6.40. The van der Waals surface area contributed by atoms with E-state index in [9.17, 15) is 0 Å². The van der Waals surface area contributed by atoms with Crippen LogP contribution in [0.3, 0.4) is 0 Å². The minimum Gasteiger partial charge on any atom is -0.371 e. The van der Waals surface area contributed by atoms with Crippen LogP contribution in [0.1, 0.15) is 19.8 Å². The zero-order valence-electron chi connectivity index (χ0n) is 11.7. The van der Waals surface area contributed by atoms with Gasteiger partial charge in [0.25, 0.3) is 0 Å². The Morgan fingerprint density at radius 3 is 3.32 bits per heavy atom. The molecule has 0 spiro atoms. The molecule has 2 aliphatic heterocycles. The van der Waals surface area contributed by atoms with Crippen LogP contribution in [0.5, 0.6) is 0 Å². The van der Waals surface area contributed by atoms with Crippen molar-refractivity contribution in [1.29, 1.82) is 0 Å². The lowest BCUT2D eigenvalue weighted by Crippen LogP contribution is -2.57. The van der Waals surface area contributed by atoms with Crippen LogP contribution in [-0.4, -0.2) is 49.3 Å². The number of hydrogen-bond donors (Lipinski definition) is 1. The summed E-state index contributed by atoms with van der Waals surface area (Å²) in [5.41, 5.74) is 1.57. The number of ether oxygens (including phenoxy) is 1. The van der Waals surface area contributed by atoms with Gasteiger partial charge in [0.1, 0.15) is 0 Å². The molecule has 2 heterocycles. The smallest absolute Gasteiger partial charge is 0.0947 e. The fourth-order valence-corrected chi connectivity index (χ4v) is 4.65. The monoisotopic (exact) mass is 260 g/mol. The van der Waals surface area contributed by atoms with E-state index in [0.717, 1.165) is 19.1 Å². The highest BCUT2D eigenvalue weighted by molar-refractivity contribution is 5.34. The molecule has 1 saturated carbocycles. The summed E-state index contributed by atoms with van der Waals surface area (Å²) >= 11 is 0. The summed E-state index contributed by atoms with van der Waals surface area (Å²) in [4.78, 5) is 2.68. The number of rotatable bonds is 2. The first-order valence-corrected chi connectivity index (χ1v) is 7.86. The van der Waals surface area contributed by atoms with Crippen LogP contribution in [-0.2, 0) is 4.74 Å². The quantitative estimate of drug-likeness (QED) is 0.815. The third kappa shape index (κ3) is 1.83. The molecule has 19 heavy (non-hydrogen) atoms. The zero-order valence-corrected chi connectivity index (χ0v) is 11.7. The van der Waals surface area contributed by atoms with Crippen molar-refractivity contribution in [3.63, 3.8) is 0 Å². The molecule has 3 heteroatoms. The van der Waals surface area contributed by atoms with Crippen molar-refractivity contribution in [2.24, 2.45) is 11.8 Å². The maximum Gasteiger partial charge on any atom is 0.0947 e. The molecule has 104 valence electrons. The van der Waals surface area contributed by atoms with Gasteiger partial charge in [0.2, 0.25) is 0 Å². The van der Waals surface area contributed by atoms with Gasteiger partial charge in [-0.25, -0.2) is 0 Å². The number of allylic oxidation sites excluding steroid dienone is 2. The van der Waals surface area contributed by atoms with Gasteiger partial charge in [-0.15, -0.1) is 0 Å². The number of fused-ring (bicyclic) bond motifs is 2. The Bertz CT molecular complexity index is 415. The van der Waals surface area contributed by atoms with Gasteiger partial charge in [-0.05, 0) is 37.4 Å². The van der Waals surface area contributed by atoms with E-state index in [4.69, 9.17) is 4.74 Å². The van der Waals surface area contributed by atoms with Gasteiger partial charge in [0.05, 0.1) is 12.7 Å².